The van der Waals surface area contributed by atoms with Crippen LogP contribution >= 0.6 is 11.8 Å². The maximum Gasteiger partial charge on any atom is 0.264 e. The maximum absolute atomic E-state index is 11.8. The average molecular weight is 242 g/mol. The summed E-state index contributed by atoms with van der Waals surface area (Å²) < 4.78 is 5.24. The molecule has 0 spiro atoms. The molecule has 1 aromatic rings. The van der Waals surface area contributed by atoms with Gasteiger partial charge in [-0.2, -0.15) is 0 Å². The van der Waals surface area contributed by atoms with Crippen molar-refractivity contribution in [1.29, 1.82) is 0 Å². The summed E-state index contributed by atoms with van der Waals surface area (Å²) in [6.07, 6.45) is 1.89. The number of H-pyrrole nitrogens is 1. The molecule has 90 valence electrons. The summed E-state index contributed by atoms with van der Waals surface area (Å²) in [6.45, 7) is 6.96. The molecule has 0 aliphatic heterocycles. The lowest BCUT2D eigenvalue weighted by Gasteiger charge is -2.11. The van der Waals surface area contributed by atoms with Crippen molar-refractivity contribution in [2.75, 3.05) is 12.9 Å². The van der Waals surface area contributed by atoms with Gasteiger partial charge < -0.3 is 9.72 Å². The first kappa shape index (κ1) is 13.3. The van der Waals surface area contributed by atoms with E-state index in [0.29, 0.717) is 23.9 Å². The molecule has 0 atom stereocenters. The molecule has 1 N–H and O–H groups in total. The third-order valence-electron chi connectivity index (χ3n) is 2.15. The largest absolute Gasteiger partial charge is 0.374 e. The number of hydrogen-bond acceptors (Lipinski definition) is 4. The Morgan fingerprint density at radius 1 is 1.50 bits per heavy atom. The van der Waals surface area contributed by atoms with Crippen molar-refractivity contribution >= 4 is 11.8 Å². The monoisotopic (exact) mass is 242 g/mol. The molecule has 1 rings (SSSR count). The Balaban J connectivity index is 3.12. The Bertz CT molecular complexity index is 401. The number of aromatic nitrogens is 2. The molecule has 0 amide bonds. The molecular weight excluding hydrogens is 224 g/mol. The lowest BCUT2D eigenvalue weighted by Crippen LogP contribution is -2.18. The summed E-state index contributed by atoms with van der Waals surface area (Å²) in [4.78, 5) is 19.7. The van der Waals surface area contributed by atoms with E-state index in [4.69, 9.17) is 4.74 Å². The van der Waals surface area contributed by atoms with Crippen LogP contribution in [0.5, 0.6) is 0 Å². The number of rotatable bonds is 5. The van der Waals surface area contributed by atoms with Gasteiger partial charge in [0.2, 0.25) is 0 Å². The average Bonchev–Trinajstić information content (AvgIpc) is 2.25. The number of thioether (sulfide) groups is 1. The Labute approximate surface area is 99.8 Å². The van der Waals surface area contributed by atoms with Crippen LogP contribution in [0, 0.1) is 0 Å². The summed E-state index contributed by atoms with van der Waals surface area (Å²) in [6, 6.07) is 0. The standard InChI is InChI=1S/C11H18N2O2S/c1-5-15-6-8-12-9(7(2)3)10(16-4)11(14)13-8/h7H,5-6H2,1-4H3,(H,12,13,14). The summed E-state index contributed by atoms with van der Waals surface area (Å²) in [5, 5.41) is 0. The molecule has 0 aliphatic rings. The van der Waals surface area contributed by atoms with Crippen LogP contribution in [0.1, 0.15) is 38.2 Å². The van der Waals surface area contributed by atoms with Gasteiger partial charge in [-0.05, 0) is 19.1 Å². The zero-order valence-corrected chi connectivity index (χ0v) is 11.0. The van der Waals surface area contributed by atoms with Crippen molar-refractivity contribution in [2.45, 2.75) is 38.2 Å². The molecule has 0 aromatic carbocycles. The second kappa shape index (κ2) is 6.06. The molecule has 16 heavy (non-hydrogen) atoms. The molecule has 0 saturated carbocycles. The van der Waals surface area contributed by atoms with Crippen molar-refractivity contribution < 1.29 is 4.74 Å². The van der Waals surface area contributed by atoms with Gasteiger partial charge >= 0.3 is 0 Å². The van der Waals surface area contributed by atoms with Gasteiger partial charge in [0, 0.05) is 6.61 Å². The van der Waals surface area contributed by atoms with Crippen LogP contribution in [-0.2, 0) is 11.3 Å². The first-order valence-electron chi connectivity index (χ1n) is 5.35. The van der Waals surface area contributed by atoms with Gasteiger partial charge in [0.25, 0.3) is 5.56 Å². The van der Waals surface area contributed by atoms with Crippen molar-refractivity contribution in [3.63, 3.8) is 0 Å². The molecule has 5 heteroatoms. The van der Waals surface area contributed by atoms with Crippen LogP contribution in [0.25, 0.3) is 0 Å². The van der Waals surface area contributed by atoms with Crippen molar-refractivity contribution in [3.8, 4) is 0 Å². The van der Waals surface area contributed by atoms with Gasteiger partial charge in [-0.1, -0.05) is 13.8 Å². The first-order chi connectivity index (χ1) is 7.60. The number of ether oxygens (including phenoxy) is 1. The van der Waals surface area contributed by atoms with Crippen LogP contribution in [0.15, 0.2) is 9.69 Å². The topological polar surface area (TPSA) is 55.0 Å². The van der Waals surface area contributed by atoms with E-state index in [1.54, 1.807) is 0 Å². The minimum absolute atomic E-state index is 0.0686. The molecule has 0 unspecified atom stereocenters. The van der Waals surface area contributed by atoms with Crippen LogP contribution in [0.3, 0.4) is 0 Å². The highest BCUT2D eigenvalue weighted by Gasteiger charge is 2.13. The molecular formula is C11H18N2O2S. The zero-order chi connectivity index (χ0) is 12.1. The minimum Gasteiger partial charge on any atom is -0.374 e. The Morgan fingerprint density at radius 3 is 2.69 bits per heavy atom. The van der Waals surface area contributed by atoms with Crippen LogP contribution in [0.4, 0.5) is 0 Å². The molecule has 0 saturated heterocycles. The number of hydrogen-bond donors (Lipinski definition) is 1. The van der Waals surface area contributed by atoms with E-state index in [1.165, 1.54) is 11.8 Å². The fraction of sp³-hybridized carbons (Fsp3) is 0.636. The third kappa shape index (κ3) is 3.09. The smallest absolute Gasteiger partial charge is 0.264 e. The number of aromatic amines is 1. The summed E-state index contributed by atoms with van der Waals surface area (Å²) in [7, 11) is 0. The van der Waals surface area contributed by atoms with E-state index >= 15 is 0 Å². The van der Waals surface area contributed by atoms with E-state index in [0.717, 1.165) is 5.69 Å². The Hall–Kier alpha value is -0.810. The Morgan fingerprint density at radius 2 is 2.19 bits per heavy atom. The van der Waals surface area contributed by atoms with Gasteiger partial charge in [0.05, 0.1) is 10.6 Å². The number of nitrogens with one attached hydrogen (secondary N) is 1. The molecule has 0 aliphatic carbocycles. The van der Waals surface area contributed by atoms with E-state index < -0.39 is 0 Å². The maximum atomic E-state index is 11.8. The van der Waals surface area contributed by atoms with E-state index in [-0.39, 0.29) is 11.5 Å². The highest BCUT2D eigenvalue weighted by atomic mass is 32.2. The lowest BCUT2D eigenvalue weighted by atomic mass is 10.1. The summed E-state index contributed by atoms with van der Waals surface area (Å²) >= 11 is 1.44. The van der Waals surface area contributed by atoms with Crippen LogP contribution in [0.2, 0.25) is 0 Å². The molecule has 0 fully saturated rings. The fourth-order valence-electron chi connectivity index (χ4n) is 1.38. The van der Waals surface area contributed by atoms with Crippen molar-refractivity contribution in [2.24, 2.45) is 0 Å². The normalized spacial score (nSPS) is 11.1. The Kier molecular flexibility index (Phi) is 5.02. The SMILES string of the molecule is CCOCc1nc(C(C)C)c(SC)c(=O)[nH]1. The van der Waals surface area contributed by atoms with Gasteiger partial charge in [0.15, 0.2) is 0 Å². The van der Waals surface area contributed by atoms with E-state index in [1.807, 2.05) is 27.0 Å². The zero-order valence-electron chi connectivity index (χ0n) is 10.2. The highest BCUT2D eigenvalue weighted by Crippen LogP contribution is 2.21. The lowest BCUT2D eigenvalue weighted by molar-refractivity contribution is 0.127. The first-order valence-corrected chi connectivity index (χ1v) is 6.57. The van der Waals surface area contributed by atoms with E-state index in [2.05, 4.69) is 9.97 Å². The van der Waals surface area contributed by atoms with Crippen LogP contribution in [-0.4, -0.2) is 22.8 Å². The predicted octanol–water partition coefficient (Wildman–Crippen LogP) is 2.15. The third-order valence-corrected chi connectivity index (χ3v) is 2.95. The fourth-order valence-corrected chi connectivity index (χ4v) is 2.11. The predicted molar refractivity (Wildman–Crippen MR) is 66.1 cm³/mol. The second-order valence-electron chi connectivity index (χ2n) is 3.72. The molecule has 0 radical (unpaired) electrons. The van der Waals surface area contributed by atoms with E-state index in [9.17, 15) is 4.79 Å². The molecule has 1 heterocycles. The van der Waals surface area contributed by atoms with Crippen molar-refractivity contribution in [1.82, 2.24) is 9.97 Å². The van der Waals surface area contributed by atoms with Gasteiger partial charge in [-0.3, -0.25) is 4.79 Å². The van der Waals surface area contributed by atoms with Gasteiger partial charge in [0.1, 0.15) is 12.4 Å². The van der Waals surface area contributed by atoms with Gasteiger partial charge in [-0.15, -0.1) is 11.8 Å². The molecule has 1 aromatic heterocycles. The van der Waals surface area contributed by atoms with Crippen molar-refractivity contribution in [3.05, 3.63) is 21.9 Å². The molecule has 0 bridgehead atoms. The van der Waals surface area contributed by atoms with Gasteiger partial charge in [-0.25, -0.2) is 4.98 Å². The summed E-state index contributed by atoms with van der Waals surface area (Å²) in [5.41, 5.74) is 0.784. The summed E-state index contributed by atoms with van der Waals surface area (Å²) in [5.74, 6) is 0.846. The minimum atomic E-state index is -0.0686. The van der Waals surface area contributed by atoms with Crippen LogP contribution < -0.4 is 5.56 Å². The number of nitrogens with zero attached hydrogens (tertiary/aromatic N) is 1. The highest BCUT2D eigenvalue weighted by molar-refractivity contribution is 7.98. The molecule has 4 nitrogen and oxygen atoms in total. The quantitative estimate of drug-likeness (QED) is 0.804. The second-order valence-corrected chi connectivity index (χ2v) is 4.54.